The number of thioether (sulfide) groups is 1. The zero-order valence-electron chi connectivity index (χ0n) is 11.5. The van der Waals surface area contributed by atoms with Gasteiger partial charge in [0, 0.05) is 11.3 Å². The minimum Gasteiger partial charge on any atom is -0.324 e. The molecular formula is C15H18Cl2N2S. The molecule has 2 aromatic rings. The monoisotopic (exact) mass is 328 g/mol. The summed E-state index contributed by atoms with van der Waals surface area (Å²) in [5.41, 5.74) is 2.01. The fourth-order valence-corrected chi connectivity index (χ4v) is 4.42. The van der Waals surface area contributed by atoms with Crippen molar-refractivity contribution in [3.63, 3.8) is 0 Å². The Hall–Kier alpha value is -0.380. The van der Waals surface area contributed by atoms with Crippen LogP contribution in [0.1, 0.15) is 37.5 Å². The molecule has 2 atom stereocenters. The Morgan fingerprint density at radius 3 is 3.00 bits per heavy atom. The van der Waals surface area contributed by atoms with Crippen LogP contribution in [0.25, 0.3) is 11.0 Å². The lowest BCUT2D eigenvalue weighted by Crippen LogP contribution is -2.21. The highest BCUT2D eigenvalue weighted by atomic mass is 35.5. The molecule has 20 heavy (non-hydrogen) atoms. The van der Waals surface area contributed by atoms with Crippen LogP contribution < -0.4 is 0 Å². The van der Waals surface area contributed by atoms with Crippen LogP contribution >= 0.6 is 35.0 Å². The maximum Gasteiger partial charge on any atom is 0.125 e. The van der Waals surface area contributed by atoms with E-state index in [2.05, 4.69) is 21.9 Å². The molecule has 3 rings (SSSR count). The van der Waals surface area contributed by atoms with Gasteiger partial charge >= 0.3 is 0 Å². The highest BCUT2D eigenvalue weighted by Crippen LogP contribution is 2.37. The predicted molar refractivity (Wildman–Crippen MR) is 89.1 cm³/mol. The highest BCUT2D eigenvalue weighted by Gasteiger charge is 2.26. The van der Waals surface area contributed by atoms with Crippen molar-refractivity contribution in [2.45, 2.75) is 42.9 Å². The van der Waals surface area contributed by atoms with Crippen LogP contribution in [0.4, 0.5) is 0 Å². The topological polar surface area (TPSA) is 17.8 Å². The minimum atomic E-state index is 0.436. The largest absolute Gasteiger partial charge is 0.324 e. The predicted octanol–water partition coefficient (Wildman–Crippen LogP) is 5.28. The van der Waals surface area contributed by atoms with E-state index < -0.39 is 0 Å². The summed E-state index contributed by atoms with van der Waals surface area (Å²) in [7, 11) is 0. The third-order valence-electron chi connectivity index (χ3n) is 4.16. The fourth-order valence-electron chi connectivity index (χ4n) is 3.20. The molecule has 0 saturated heterocycles. The minimum absolute atomic E-state index is 0.436. The van der Waals surface area contributed by atoms with Gasteiger partial charge in [-0.15, -0.1) is 11.6 Å². The normalized spacial score (nSPS) is 23.4. The van der Waals surface area contributed by atoms with Crippen LogP contribution in [0, 0.1) is 0 Å². The lowest BCUT2D eigenvalue weighted by atomic mass is 9.94. The third kappa shape index (κ3) is 2.56. The van der Waals surface area contributed by atoms with E-state index >= 15 is 0 Å². The van der Waals surface area contributed by atoms with Crippen molar-refractivity contribution in [3.8, 4) is 0 Å². The van der Waals surface area contributed by atoms with Crippen molar-refractivity contribution in [1.29, 1.82) is 0 Å². The van der Waals surface area contributed by atoms with Crippen LogP contribution in [-0.2, 0) is 5.88 Å². The first-order valence-electron chi connectivity index (χ1n) is 6.98. The molecule has 1 aromatic heterocycles. The zero-order chi connectivity index (χ0) is 14.1. The molecule has 1 aliphatic carbocycles. The van der Waals surface area contributed by atoms with E-state index in [1.165, 1.54) is 25.7 Å². The van der Waals surface area contributed by atoms with E-state index in [9.17, 15) is 0 Å². The van der Waals surface area contributed by atoms with Crippen molar-refractivity contribution in [2.75, 3.05) is 6.26 Å². The Bertz CT molecular complexity index is 611. The quantitative estimate of drug-likeness (QED) is 0.714. The molecule has 2 nitrogen and oxygen atoms in total. The van der Waals surface area contributed by atoms with Gasteiger partial charge in [0.2, 0.25) is 0 Å². The first-order valence-corrected chi connectivity index (χ1v) is 9.18. The maximum absolute atomic E-state index is 6.27. The van der Waals surface area contributed by atoms with Gasteiger partial charge in [-0.2, -0.15) is 11.8 Å². The van der Waals surface area contributed by atoms with E-state index in [1.54, 1.807) is 0 Å². The second-order valence-electron chi connectivity index (χ2n) is 5.32. The summed E-state index contributed by atoms with van der Waals surface area (Å²) in [6.07, 6.45) is 7.21. The molecule has 0 radical (unpaired) electrons. The van der Waals surface area contributed by atoms with Crippen molar-refractivity contribution >= 4 is 46.0 Å². The average molecular weight is 329 g/mol. The molecule has 108 valence electrons. The zero-order valence-corrected chi connectivity index (χ0v) is 13.8. The second kappa shape index (κ2) is 6.17. The van der Waals surface area contributed by atoms with E-state index in [0.717, 1.165) is 22.1 Å². The summed E-state index contributed by atoms with van der Waals surface area (Å²) in [5.74, 6) is 1.38. The number of hydrogen-bond donors (Lipinski definition) is 0. The molecule has 1 aliphatic rings. The molecule has 0 amide bonds. The smallest absolute Gasteiger partial charge is 0.125 e. The Balaban J connectivity index is 2.07. The van der Waals surface area contributed by atoms with Gasteiger partial charge in [0.25, 0.3) is 0 Å². The SMILES string of the molecule is CSC1CCCC(n2c(CCl)nc3c(Cl)cccc32)C1. The molecule has 2 unspecified atom stereocenters. The van der Waals surface area contributed by atoms with Gasteiger partial charge < -0.3 is 4.57 Å². The van der Waals surface area contributed by atoms with Gasteiger partial charge in [0.05, 0.1) is 16.4 Å². The van der Waals surface area contributed by atoms with Gasteiger partial charge in [-0.3, -0.25) is 0 Å². The number of para-hydroxylation sites is 1. The Labute approximate surface area is 133 Å². The average Bonchev–Trinajstić information content (AvgIpc) is 2.87. The molecule has 1 heterocycles. The fraction of sp³-hybridized carbons (Fsp3) is 0.533. The Morgan fingerprint density at radius 2 is 2.25 bits per heavy atom. The van der Waals surface area contributed by atoms with E-state index in [4.69, 9.17) is 23.2 Å². The summed E-state index contributed by atoms with van der Waals surface area (Å²) >= 11 is 14.4. The molecule has 0 aliphatic heterocycles. The van der Waals surface area contributed by atoms with E-state index in [1.807, 2.05) is 23.9 Å². The second-order valence-corrected chi connectivity index (χ2v) is 7.13. The van der Waals surface area contributed by atoms with Crippen LogP contribution in [0.3, 0.4) is 0 Å². The van der Waals surface area contributed by atoms with E-state index in [0.29, 0.717) is 16.9 Å². The number of alkyl halides is 1. The van der Waals surface area contributed by atoms with Crippen LogP contribution in [0.5, 0.6) is 0 Å². The molecule has 5 heteroatoms. The van der Waals surface area contributed by atoms with E-state index in [-0.39, 0.29) is 0 Å². The summed E-state index contributed by atoms with van der Waals surface area (Å²) < 4.78 is 2.33. The lowest BCUT2D eigenvalue weighted by molar-refractivity contribution is 0.362. The number of benzene rings is 1. The molecule has 1 saturated carbocycles. The third-order valence-corrected chi connectivity index (χ3v) is 5.80. The molecule has 0 spiro atoms. The Kier molecular flexibility index (Phi) is 4.49. The van der Waals surface area contributed by atoms with Crippen LogP contribution in [0.2, 0.25) is 5.02 Å². The first-order chi connectivity index (χ1) is 9.74. The van der Waals surface area contributed by atoms with Gasteiger partial charge in [-0.25, -0.2) is 4.98 Å². The summed E-state index contributed by atoms with van der Waals surface area (Å²) in [6, 6.07) is 6.49. The number of rotatable bonds is 3. The molecular weight excluding hydrogens is 311 g/mol. The number of fused-ring (bicyclic) bond motifs is 1. The standard InChI is InChI=1S/C15H18Cl2N2S/c1-20-11-5-2-4-10(8-11)19-13-7-3-6-12(17)15(13)18-14(19)9-16/h3,6-7,10-11H,2,4-5,8-9H2,1H3. The van der Waals surface area contributed by atoms with Gasteiger partial charge in [-0.1, -0.05) is 24.1 Å². The molecule has 0 bridgehead atoms. The van der Waals surface area contributed by atoms with Gasteiger partial charge in [0.1, 0.15) is 11.3 Å². The lowest BCUT2D eigenvalue weighted by Gasteiger charge is -2.30. The highest BCUT2D eigenvalue weighted by molar-refractivity contribution is 7.99. The van der Waals surface area contributed by atoms with Crippen LogP contribution in [0.15, 0.2) is 18.2 Å². The van der Waals surface area contributed by atoms with Gasteiger partial charge in [0.15, 0.2) is 0 Å². The number of aromatic nitrogens is 2. The molecule has 1 fully saturated rings. The van der Waals surface area contributed by atoms with Crippen molar-refractivity contribution in [2.24, 2.45) is 0 Å². The Morgan fingerprint density at radius 1 is 1.40 bits per heavy atom. The number of imidazole rings is 1. The summed E-state index contributed by atoms with van der Waals surface area (Å²) in [5, 5.41) is 1.46. The van der Waals surface area contributed by atoms with Crippen molar-refractivity contribution in [3.05, 3.63) is 29.0 Å². The summed E-state index contributed by atoms with van der Waals surface area (Å²) in [6.45, 7) is 0. The maximum atomic E-state index is 6.27. The first kappa shape index (κ1) is 14.6. The van der Waals surface area contributed by atoms with Crippen LogP contribution in [-0.4, -0.2) is 21.1 Å². The van der Waals surface area contributed by atoms with Crippen molar-refractivity contribution < 1.29 is 0 Å². The number of halogens is 2. The summed E-state index contributed by atoms with van der Waals surface area (Å²) in [4.78, 5) is 4.65. The number of nitrogens with zero attached hydrogens (tertiary/aromatic N) is 2. The van der Waals surface area contributed by atoms with Gasteiger partial charge in [-0.05, 0) is 37.7 Å². The number of hydrogen-bond acceptors (Lipinski definition) is 2. The van der Waals surface area contributed by atoms with Crippen molar-refractivity contribution in [1.82, 2.24) is 9.55 Å². The molecule has 0 N–H and O–H groups in total. The molecule has 1 aromatic carbocycles.